The molecule has 0 saturated heterocycles. The van der Waals surface area contributed by atoms with Gasteiger partial charge in [-0.25, -0.2) is 0 Å². The van der Waals surface area contributed by atoms with Gasteiger partial charge in [-0.2, -0.15) is 5.10 Å². The van der Waals surface area contributed by atoms with Crippen LogP contribution in [-0.2, 0) is 17.9 Å². The van der Waals surface area contributed by atoms with Crippen LogP contribution in [0.3, 0.4) is 0 Å². The summed E-state index contributed by atoms with van der Waals surface area (Å²) < 4.78 is 1.91. The fraction of sp³-hybridized carbons (Fsp3) is 0.261. The highest BCUT2D eigenvalue weighted by molar-refractivity contribution is 5.94. The molecule has 1 aliphatic rings. The number of rotatable bonds is 6. The van der Waals surface area contributed by atoms with Crippen LogP contribution in [0, 0.1) is 0 Å². The Morgan fingerprint density at radius 1 is 1.13 bits per heavy atom. The van der Waals surface area contributed by atoms with Gasteiger partial charge in [0.1, 0.15) is 0 Å². The number of benzene rings is 2. The highest BCUT2D eigenvalue weighted by Gasteiger charge is 2.24. The first kappa shape index (κ1) is 19.7. The number of anilines is 1. The van der Waals surface area contributed by atoms with Gasteiger partial charge in [-0.05, 0) is 28.8 Å². The van der Waals surface area contributed by atoms with Crippen molar-refractivity contribution in [2.45, 2.75) is 25.4 Å². The first-order chi connectivity index (χ1) is 14.7. The molecule has 1 aliphatic heterocycles. The van der Waals surface area contributed by atoms with Crippen LogP contribution in [0.2, 0.25) is 0 Å². The second-order valence-electron chi connectivity index (χ2n) is 7.32. The summed E-state index contributed by atoms with van der Waals surface area (Å²) in [6.07, 6.45) is 4.22. The summed E-state index contributed by atoms with van der Waals surface area (Å²) in [4.78, 5) is 16.4. The van der Waals surface area contributed by atoms with E-state index in [0.29, 0.717) is 25.5 Å². The van der Waals surface area contributed by atoms with Crippen LogP contribution in [0.1, 0.15) is 29.0 Å². The highest BCUT2D eigenvalue weighted by atomic mass is 16.1. The number of aromatic nitrogens is 2. The van der Waals surface area contributed by atoms with Crippen molar-refractivity contribution in [2.24, 2.45) is 4.99 Å². The number of guanidine groups is 1. The van der Waals surface area contributed by atoms with Crippen molar-refractivity contribution in [3.05, 3.63) is 83.7 Å². The maximum Gasteiger partial charge on any atom is 0.225 e. The van der Waals surface area contributed by atoms with Crippen LogP contribution in [0.15, 0.2) is 72.0 Å². The summed E-state index contributed by atoms with van der Waals surface area (Å²) in [6, 6.07) is 18.2. The molecule has 3 N–H and O–H groups in total. The Bertz CT molecular complexity index is 1030. The largest absolute Gasteiger partial charge is 0.356 e. The number of hydrogen-bond donors (Lipinski definition) is 3. The van der Waals surface area contributed by atoms with E-state index in [0.717, 1.165) is 17.8 Å². The number of carbonyl (C=O) groups is 1. The minimum Gasteiger partial charge on any atom is -0.356 e. The quantitative estimate of drug-likeness (QED) is 0.437. The molecular formula is C23H26N6O. The Kier molecular flexibility index (Phi) is 6.08. The molecular weight excluding hydrogens is 376 g/mol. The fourth-order valence-electron chi connectivity index (χ4n) is 3.76. The number of nitrogens with zero attached hydrogens (tertiary/aromatic N) is 3. The average Bonchev–Trinajstić information content (AvgIpc) is 3.27. The van der Waals surface area contributed by atoms with Gasteiger partial charge in [-0.1, -0.05) is 42.5 Å². The van der Waals surface area contributed by atoms with Gasteiger partial charge in [0.2, 0.25) is 5.91 Å². The van der Waals surface area contributed by atoms with Gasteiger partial charge in [-0.15, -0.1) is 0 Å². The van der Waals surface area contributed by atoms with Gasteiger partial charge in [0, 0.05) is 50.6 Å². The summed E-state index contributed by atoms with van der Waals surface area (Å²) in [5, 5.41) is 14.0. The van der Waals surface area contributed by atoms with Gasteiger partial charge in [0.25, 0.3) is 0 Å². The first-order valence-electron chi connectivity index (χ1n) is 10.1. The number of nitrogens with one attached hydrogen (secondary N) is 3. The van der Waals surface area contributed by atoms with Crippen molar-refractivity contribution in [2.75, 3.05) is 18.9 Å². The zero-order valence-corrected chi connectivity index (χ0v) is 17.0. The lowest BCUT2D eigenvalue weighted by atomic mass is 9.90. The third-order valence-corrected chi connectivity index (χ3v) is 5.30. The molecule has 4 rings (SSSR count). The third kappa shape index (κ3) is 4.68. The molecule has 0 radical (unpaired) electrons. The van der Waals surface area contributed by atoms with Gasteiger partial charge < -0.3 is 16.0 Å². The minimum atomic E-state index is 0.0518. The second-order valence-corrected chi connectivity index (χ2v) is 7.32. The first-order valence-corrected chi connectivity index (χ1v) is 10.1. The lowest BCUT2D eigenvalue weighted by molar-refractivity contribution is -0.116. The van der Waals surface area contributed by atoms with Crippen molar-refractivity contribution >= 4 is 17.6 Å². The molecule has 2 heterocycles. The topological polar surface area (TPSA) is 83.3 Å². The molecule has 2 aromatic carbocycles. The van der Waals surface area contributed by atoms with Crippen molar-refractivity contribution in [3.8, 4) is 0 Å². The molecule has 0 saturated carbocycles. The van der Waals surface area contributed by atoms with Crippen molar-refractivity contribution in [3.63, 3.8) is 0 Å². The molecule has 1 amide bonds. The Morgan fingerprint density at radius 3 is 2.73 bits per heavy atom. The minimum absolute atomic E-state index is 0.0518. The van der Waals surface area contributed by atoms with E-state index in [9.17, 15) is 4.79 Å². The molecule has 1 unspecified atom stereocenters. The van der Waals surface area contributed by atoms with Gasteiger partial charge >= 0.3 is 0 Å². The van der Waals surface area contributed by atoms with Crippen LogP contribution in [0.4, 0.5) is 5.69 Å². The van der Waals surface area contributed by atoms with E-state index < -0.39 is 0 Å². The molecule has 0 bridgehead atoms. The standard InChI is InChI=1S/C23H26N6O/c1-24-23(26-15-19-13-22(30)28-21-10-5-4-9-20(19)21)25-14-17-7-2-3-8-18(17)16-29-12-6-11-27-29/h2-12,19H,13-16H2,1H3,(H,28,30)(H2,24,25,26). The van der Waals surface area contributed by atoms with E-state index in [1.54, 1.807) is 13.2 Å². The maximum atomic E-state index is 12.0. The molecule has 154 valence electrons. The van der Waals surface area contributed by atoms with E-state index in [1.807, 2.05) is 47.3 Å². The lowest BCUT2D eigenvalue weighted by Crippen LogP contribution is -2.40. The smallest absolute Gasteiger partial charge is 0.225 e. The fourth-order valence-corrected chi connectivity index (χ4v) is 3.76. The highest BCUT2D eigenvalue weighted by Crippen LogP contribution is 2.31. The molecule has 1 atom stereocenters. The van der Waals surface area contributed by atoms with E-state index in [1.165, 1.54) is 11.1 Å². The summed E-state index contributed by atoms with van der Waals surface area (Å²) in [5.74, 6) is 0.879. The predicted octanol–water partition coefficient (Wildman–Crippen LogP) is 2.72. The molecule has 0 fully saturated rings. The second kappa shape index (κ2) is 9.26. The van der Waals surface area contributed by atoms with Crippen LogP contribution < -0.4 is 16.0 Å². The molecule has 1 aromatic heterocycles. The number of fused-ring (bicyclic) bond motifs is 1. The Morgan fingerprint density at radius 2 is 1.93 bits per heavy atom. The third-order valence-electron chi connectivity index (χ3n) is 5.30. The van der Waals surface area contributed by atoms with Crippen LogP contribution in [0.5, 0.6) is 0 Å². The van der Waals surface area contributed by atoms with Gasteiger partial charge in [0.05, 0.1) is 6.54 Å². The zero-order chi connectivity index (χ0) is 20.8. The van der Waals surface area contributed by atoms with Gasteiger partial charge in [0.15, 0.2) is 5.96 Å². The summed E-state index contributed by atoms with van der Waals surface area (Å²) in [5.41, 5.74) is 4.46. The number of hydrogen-bond acceptors (Lipinski definition) is 3. The van der Waals surface area contributed by atoms with E-state index in [-0.39, 0.29) is 11.8 Å². The van der Waals surface area contributed by atoms with Crippen molar-refractivity contribution in [1.29, 1.82) is 0 Å². The Balaban J connectivity index is 1.37. The molecule has 7 heteroatoms. The number of amides is 1. The lowest BCUT2D eigenvalue weighted by Gasteiger charge is -2.26. The molecule has 0 spiro atoms. The SMILES string of the molecule is CN=C(NCc1ccccc1Cn1cccn1)NCC1CC(=O)Nc2ccccc21. The molecule has 30 heavy (non-hydrogen) atoms. The normalized spacial score (nSPS) is 16.0. The van der Waals surface area contributed by atoms with E-state index in [2.05, 4.69) is 44.2 Å². The number of para-hydroxylation sites is 1. The zero-order valence-electron chi connectivity index (χ0n) is 17.0. The average molecular weight is 403 g/mol. The number of aliphatic imine (C=N–C) groups is 1. The Hall–Kier alpha value is -3.61. The van der Waals surface area contributed by atoms with Crippen molar-refractivity contribution < 1.29 is 4.79 Å². The van der Waals surface area contributed by atoms with E-state index >= 15 is 0 Å². The van der Waals surface area contributed by atoms with Crippen LogP contribution >= 0.6 is 0 Å². The maximum absolute atomic E-state index is 12.0. The molecule has 7 nitrogen and oxygen atoms in total. The molecule has 3 aromatic rings. The summed E-state index contributed by atoms with van der Waals surface area (Å²) in [7, 11) is 1.76. The molecule has 0 aliphatic carbocycles. The van der Waals surface area contributed by atoms with Crippen molar-refractivity contribution in [1.82, 2.24) is 20.4 Å². The van der Waals surface area contributed by atoms with Crippen LogP contribution in [0.25, 0.3) is 0 Å². The van der Waals surface area contributed by atoms with Crippen LogP contribution in [-0.4, -0.2) is 35.2 Å². The number of carbonyl (C=O) groups excluding carboxylic acids is 1. The summed E-state index contributed by atoms with van der Waals surface area (Å²) in [6.45, 7) is 2.02. The monoisotopic (exact) mass is 402 g/mol. The van der Waals surface area contributed by atoms with E-state index in [4.69, 9.17) is 0 Å². The summed E-state index contributed by atoms with van der Waals surface area (Å²) >= 11 is 0. The predicted molar refractivity (Wildman–Crippen MR) is 118 cm³/mol. The van der Waals surface area contributed by atoms with Gasteiger partial charge in [-0.3, -0.25) is 14.5 Å². The Labute approximate surface area is 176 Å².